The minimum Gasteiger partial charge on any atom is -0.394 e. The average molecular weight is 814 g/mol. The van der Waals surface area contributed by atoms with Crippen molar-refractivity contribution in [1.82, 2.24) is 5.32 Å². The highest BCUT2D eigenvalue weighted by Crippen LogP contribution is 2.23. The molecule has 1 rings (SSSR count). The molecular weight excluding hydrogens is 727 g/mol. The molecular formula is C46H87NO10. The fourth-order valence-electron chi connectivity index (χ4n) is 7.34. The Morgan fingerprint density at radius 3 is 1.56 bits per heavy atom. The molecule has 0 aromatic carbocycles. The van der Waals surface area contributed by atoms with Gasteiger partial charge in [0, 0.05) is 0 Å². The van der Waals surface area contributed by atoms with E-state index in [0.717, 1.165) is 38.5 Å². The number of hydrogen-bond donors (Lipinski definition) is 8. The van der Waals surface area contributed by atoms with E-state index in [4.69, 9.17) is 9.47 Å². The van der Waals surface area contributed by atoms with Gasteiger partial charge in [0.2, 0.25) is 5.91 Å². The van der Waals surface area contributed by atoms with Crippen molar-refractivity contribution in [2.75, 3.05) is 13.2 Å². The second kappa shape index (κ2) is 36.4. The number of hydrogen-bond acceptors (Lipinski definition) is 10. The molecule has 9 atom stereocenters. The van der Waals surface area contributed by atoms with Crippen LogP contribution in [0.5, 0.6) is 0 Å². The summed E-state index contributed by atoms with van der Waals surface area (Å²) >= 11 is 0. The lowest BCUT2D eigenvalue weighted by Crippen LogP contribution is -2.60. The molecule has 0 aromatic rings. The zero-order chi connectivity index (χ0) is 41.9. The molecule has 8 N–H and O–H groups in total. The minimum atomic E-state index is -1.67. The number of rotatable bonds is 38. The van der Waals surface area contributed by atoms with Gasteiger partial charge in [-0.1, -0.05) is 167 Å². The molecule has 0 aromatic heterocycles. The summed E-state index contributed by atoms with van der Waals surface area (Å²) in [6, 6.07) is -1.19. The molecule has 1 fully saturated rings. The third-order valence-corrected chi connectivity index (χ3v) is 11.2. The molecule has 9 unspecified atom stereocenters. The van der Waals surface area contributed by atoms with E-state index in [0.29, 0.717) is 19.3 Å². The molecule has 0 spiro atoms. The number of aliphatic hydroxyl groups is 7. The van der Waals surface area contributed by atoms with Gasteiger partial charge in [-0.15, -0.1) is 0 Å². The maximum Gasteiger partial charge on any atom is 0.249 e. The number of ether oxygens (including phenoxy) is 2. The first-order chi connectivity index (χ1) is 27.7. The lowest BCUT2D eigenvalue weighted by molar-refractivity contribution is -0.303. The molecule has 1 aliphatic rings. The van der Waals surface area contributed by atoms with Crippen LogP contribution in [0.15, 0.2) is 24.3 Å². The van der Waals surface area contributed by atoms with Gasteiger partial charge in [0.25, 0.3) is 0 Å². The van der Waals surface area contributed by atoms with Gasteiger partial charge in [0.15, 0.2) is 6.29 Å². The highest BCUT2D eigenvalue weighted by atomic mass is 16.7. The third kappa shape index (κ3) is 26.4. The van der Waals surface area contributed by atoms with Crippen molar-refractivity contribution in [3.05, 3.63) is 24.3 Å². The van der Waals surface area contributed by atoms with Crippen LogP contribution >= 0.6 is 0 Å². The van der Waals surface area contributed by atoms with Gasteiger partial charge in [0.1, 0.15) is 36.6 Å². The van der Waals surface area contributed by atoms with Crippen molar-refractivity contribution >= 4 is 5.91 Å². The monoisotopic (exact) mass is 814 g/mol. The van der Waals surface area contributed by atoms with Crippen LogP contribution in [-0.2, 0) is 14.3 Å². The Morgan fingerprint density at radius 1 is 0.596 bits per heavy atom. The zero-order valence-electron chi connectivity index (χ0n) is 36.1. The number of amides is 1. The predicted octanol–water partition coefficient (Wildman–Crippen LogP) is 7.45. The Morgan fingerprint density at radius 2 is 1.05 bits per heavy atom. The maximum atomic E-state index is 13.1. The molecule has 1 aliphatic heterocycles. The van der Waals surface area contributed by atoms with E-state index >= 15 is 0 Å². The summed E-state index contributed by atoms with van der Waals surface area (Å²) < 4.78 is 11.1. The van der Waals surface area contributed by atoms with Crippen LogP contribution in [0.1, 0.15) is 194 Å². The summed E-state index contributed by atoms with van der Waals surface area (Å²) in [5.74, 6) is -0.710. The molecule has 0 bridgehead atoms. The molecule has 1 saturated heterocycles. The Bertz CT molecular complexity index is 981. The molecule has 336 valence electrons. The Balaban J connectivity index is 2.49. The minimum absolute atomic E-state index is 0.248. The highest BCUT2D eigenvalue weighted by molar-refractivity contribution is 5.80. The molecule has 11 heteroatoms. The average Bonchev–Trinajstić information content (AvgIpc) is 3.21. The zero-order valence-corrected chi connectivity index (χ0v) is 36.1. The lowest BCUT2D eigenvalue weighted by atomic mass is 9.98. The number of nitrogens with one attached hydrogen (secondary N) is 1. The van der Waals surface area contributed by atoms with E-state index in [1.165, 1.54) is 109 Å². The molecule has 1 amide bonds. The summed E-state index contributed by atoms with van der Waals surface area (Å²) in [7, 11) is 0. The second-order valence-electron chi connectivity index (χ2n) is 16.5. The van der Waals surface area contributed by atoms with Crippen LogP contribution in [0.4, 0.5) is 0 Å². The van der Waals surface area contributed by atoms with Crippen molar-refractivity contribution < 1.29 is 50.0 Å². The van der Waals surface area contributed by atoms with E-state index in [1.807, 2.05) is 0 Å². The number of allylic oxidation sites excluding steroid dienone is 4. The van der Waals surface area contributed by atoms with Crippen LogP contribution in [0, 0.1) is 0 Å². The number of carbonyl (C=O) groups is 1. The molecule has 1 heterocycles. The number of carbonyl (C=O) groups excluding carboxylic acids is 1. The first-order valence-electron chi connectivity index (χ1n) is 23.2. The van der Waals surface area contributed by atoms with Gasteiger partial charge in [-0.3, -0.25) is 4.79 Å². The van der Waals surface area contributed by atoms with Gasteiger partial charge < -0.3 is 50.5 Å². The topological polar surface area (TPSA) is 189 Å². The van der Waals surface area contributed by atoms with Crippen molar-refractivity contribution in [3.63, 3.8) is 0 Å². The highest BCUT2D eigenvalue weighted by Gasteiger charge is 2.44. The van der Waals surface area contributed by atoms with E-state index in [-0.39, 0.29) is 12.8 Å². The predicted molar refractivity (Wildman–Crippen MR) is 229 cm³/mol. The van der Waals surface area contributed by atoms with E-state index < -0.39 is 74.2 Å². The largest absolute Gasteiger partial charge is 0.394 e. The molecule has 11 nitrogen and oxygen atoms in total. The van der Waals surface area contributed by atoms with Crippen molar-refractivity contribution in [2.45, 2.75) is 249 Å². The summed E-state index contributed by atoms with van der Waals surface area (Å²) in [5, 5.41) is 75.6. The molecule has 57 heavy (non-hydrogen) atoms. The fourth-order valence-corrected chi connectivity index (χ4v) is 7.34. The van der Waals surface area contributed by atoms with Crippen LogP contribution in [0.2, 0.25) is 0 Å². The van der Waals surface area contributed by atoms with Crippen LogP contribution in [-0.4, -0.2) is 110 Å². The molecule has 0 saturated carbocycles. The molecule has 0 aliphatic carbocycles. The van der Waals surface area contributed by atoms with E-state index in [2.05, 4.69) is 43.5 Å². The van der Waals surface area contributed by atoms with Crippen LogP contribution < -0.4 is 5.32 Å². The van der Waals surface area contributed by atoms with Crippen molar-refractivity contribution in [2.24, 2.45) is 0 Å². The third-order valence-electron chi connectivity index (χ3n) is 11.2. The summed E-state index contributed by atoms with van der Waals surface area (Å²) in [4.78, 5) is 13.1. The summed E-state index contributed by atoms with van der Waals surface area (Å²) in [6.45, 7) is 3.40. The van der Waals surface area contributed by atoms with Gasteiger partial charge >= 0.3 is 0 Å². The van der Waals surface area contributed by atoms with Gasteiger partial charge in [-0.2, -0.15) is 0 Å². The van der Waals surface area contributed by atoms with E-state index in [9.17, 15) is 40.5 Å². The molecule has 0 radical (unpaired) electrons. The van der Waals surface area contributed by atoms with Gasteiger partial charge in [0.05, 0.1) is 25.4 Å². The van der Waals surface area contributed by atoms with Crippen molar-refractivity contribution in [3.8, 4) is 0 Å². The van der Waals surface area contributed by atoms with Gasteiger partial charge in [-0.05, 0) is 51.4 Å². The summed E-state index contributed by atoms with van der Waals surface area (Å²) in [5.41, 5.74) is 0. The summed E-state index contributed by atoms with van der Waals surface area (Å²) in [6.07, 6.45) is 28.0. The first-order valence-corrected chi connectivity index (χ1v) is 23.2. The van der Waals surface area contributed by atoms with Gasteiger partial charge in [-0.25, -0.2) is 0 Å². The number of aliphatic hydroxyl groups excluding tert-OH is 7. The quantitative estimate of drug-likeness (QED) is 0.0230. The second-order valence-corrected chi connectivity index (χ2v) is 16.5. The SMILES string of the molecule is CCCCCCCC/C=C/CC/C=C/CCCC(O)C(O)C(COC1OC(CO)C(O)C(O)C1O)NC(=O)C(O)CCCCCCCCCCCCCCCCC. The normalized spacial score (nSPS) is 22.3. The number of unbranched alkanes of at least 4 members (excludes halogenated alkanes) is 22. The van der Waals surface area contributed by atoms with Crippen molar-refractivity contribution in [1.29, 1.82) is 0 Å². The Labute approximate surface area is 346 Å². The lowest BCUT2D eigenvalue weighted by Gasteiger charge is -2.40. The Hall–Kier alpha value is -1.41. The fraction of sp³-hybridized carbons (Fsp3) is 0.891. The standard InChI is InChI=1S/C46H87NO10/c1-3-5-7-9-11-13-15-17-19-21-23-25-27-29-31-33-38(49)41(51)37(36-56-46-44(54)43(53)42(52)40(35-48)57-46)47-45(55)39(50)34-32-30-28-26-24-22-20-18-16-14-12-10-8-6-4-2/h17,19,25,27,37-44,46,48-54H,3-16,18,20-24,26,28-36H2,1-2H3,(H,47,55)/b19-17+,27-25+. The van der Waals surface area contributed by atoms with E-state index in [1.54, 1.807) is 0 Å². The smallest absolute Gasteiger partial charge is 0.249 e. The van der Waals surface area contributed by atoms with Crippen LogP contribution in [0.3, 0.4) is 0 Å². The first kappa shape index (κ1) is 53.6. The Kier molecular flexibility index (Phi) is 34.3. The maximum absolute atomic E-state index is 13.1. The van der Waals surface area contributed by atoms with Crippen LogP contribution in [0.25, 0.3) is 0 Å².